The van der Waals surface area contributed by atoms with Gasteiger partial charge in [-0.15, -0.1) is 0 Å². The van der Waals surface area contributed by atoms with E-state index in [9.17, 15) is 4.79 Å². The lowest BCUT2D eigenvalue weighted by Crippen LogP contribution is -2.25. The summed E-state index contributed by atoms with van der Waals surface area (Å²) >= 11 is 3.50. The number of imidazole rings is 1. The highest BCUT2D eigenvalue weighted by Crippen LogP contribution is 2.38. The van der Waals surface area contributed by atoms with Crippen molar-refractivity contribution in [3.05, 3.63) is 82.1 Å². The molecule has 1 heterocycles. The normalized spacial score (nSPS) is 10.9. The molecule has 0 spiro atoms. The summed E-state index contributed by atoms with van der Waals surface area (Å²) in [5, 5.41) is 2.99. The molecule has 0 atom stereocenters. The third-order valence-corrected chi connectivity index (χ3v) is 6.31. The molecule has 1 aromatic heterocycles. The predicted molar refractivity (Wildman–Crippen MR) is 140 cm³/mol. The number of amides is 1. The number of rotatable bonds is 10. The van der Waals surface area contributed by atoms with Gasteiger partial charge in [0.25, 0.3) is 5.91 Å². The minimum atomic E-state index is -0.201. The zero-order chi connectivity index (χ0) is 24.8. The van der Waals surface area contributed by atoms with E-state index in [-0.39, 0.29) is 5.91 Å². The fourth-order valence-electron chi connectivity index (χ4n) is 4.03. The van der Waals surface area contributed by atoms with Crippen LogP contribution in [0.3, 0.4) is 0 Å². The first-order chi connectivity index (χ1) is 17.0. The van der Waals surface area contributed by atoms with Crippen LogP contribution < -0.4 is 19.5 Å². The molecule has 3 aromatic carbocycles. The number of aromatic nitrogens is 2. The average molecular weight is 538 g/mol. The van der Waals surface area contributed by atoms with E-state index in [0.29, 0.717) is 29.4 Å². The van der Waals surface area contributed by atoms with Crippen molar-refractivity contribution in [2.24, 2.45) is 0 Å². The van der Waals surface area contributed by atoms with E-state index in [2.05, 4.69) is 44.0 Å². The van der Waals surface area contributed by atoms with Crippen LogP contribution in [-0.2, 0) is 13.0 Å². The molecule has 0 bridgehead atoms. The SMILES string of the molecule is COc1cc(C(=O)NCCCc2nc3ccccc3n2Cc2ccc(Br)cc2)cc(OC)c1OC. The van der Waals surface area contributed by atoms with E-state index in [0.717, 1.165) is 40.7 Å². The first-order valence-corrected chi connectivity index (χ1v) is 12.1. The number of nitrogens with one attached hydrogen (secondary N) is 1. The van der Waals surface area contributed by atoms with Crippen molar-refractivity contribution in [3.8, 4) is 17.2 Å². The van der Waals surface area contributed by atoms with Gasteiger partial charge in [-0.1, -0.05) is 40.2 Å². The summed E-state index contributed by atoms with van der Waals surface area (Å²) in [5.74, 6) is 2.14. The first-order valence-electron chi connectivity index (χ1n) is 11.3. The maximum atomic E-state index is 12.8. The number of halogens is 1. The number of para-hydroxylation sites is 2. The summed E-state index contributed by atoms with van der Waals surface area (Å²) in [7, 11) is 4.59. The van der Waals surface area contributed by atoms with Crippen molar-refractivity contribution in [1.29, 1.82) is 0 Å². The Labute approximate surface area is 213 Å². The fraction of sp³-hybridized carbons (Fsp3) is 0.259. The van der Waals surface area contributed by atoms with E-state index in [1.807, 2.05) is 30.3 Å². The predicted octanol–water partition coefficient (Wildman–Crippen LogP) is 5.24. The Morgan fingerprint density at radius 2 is 1.66 bits per heavy atom. The summed E-state index contributed by atoms with van der Waals surface area (Å²) in [6.45, 7) is 1.25. The molecule has 0 saturated carbocycles. The van der Waals surface area contributed by atoms with Crippen LogP contribution >= 0.6 is 15.9 Å². The van der Waals surface area contributed by atoms with Crippen LogP contribution in [0.5, 0.6) is 17.2 Å². The Morgan fingerprint density at radius 3 is 2.31 bits per heavy atom. The largest absolute Gasteiger partial charge is 0.493 e. The van der Waals surface area contributed by atoms with E-state index in [1.165, 1.54) is 26.9 Å². The minimum absolute atomic E-state index is 0.201. The topological polar surface area (TPSA) is 74.6 Å². The third-order valence-electron chi connectivity index (χ3n) is 5.78. The van der Waals surface area contributed by atoms with Crippen LogP contribution in [0.1, 0.15) is 28.2 Å². The number of carbonyl (C=O) groups is 1. The summed E-state index contributed by atoms with van der Waals surface area (Å²) in [6, 6.07) is 19.8. The van der Waals surface area contributed by atoms with Crippen molar-refractivity contribution in [2.45, 2.75) is 19.4 Å². The lowest BCUT2D eigenvalue weighted by Gasteiger charge is -2.14. The van der Waals surface area contributed by atoms with E-state index in [1.54, 1.807) is 12.1 Å². The molecule has 0 aliphatic heterocycles. The molecule has 1 amide bonds. The molecule has 182 valence electrons. The highest BCUT2D eigenvalue weighted by Gasteiger charge is 2.17. The number of carbonyl (C=O) groups excluding carboxylic acids is 1. The summed E-state index contributed by atoms with van der Waals surface area (Å²) < 4.78 is 19.3. The van der Waals surface area contributed by atoms with Gasteiger partial charge in [0.05, 0.1) is 32.4 Å². The van der Waals surface area contributed by atoms with E-state index >= 15 is 0 Å². The second kappa shape index (κ2) is 11.3. The Bertz CT molecular complexity index is 1290. The molecule has 0 radical (unpaired) electrons. The van der Waals surface area contributed by atoms with Crippen LogP contribution in [0, 0.1) is 0 Å². The monoisotopic (exact) mass is 537 g/mol. The van der Waals surface area contributed by atoms with Crippen molar-refractivity contribution in [3.63, 3.8) is 0 Å². The second-order valence-electron chi connectivity index (χ2n) is 8.00. The molecule has 35 heavy (non-hydrogen) atoms. The van der Waals surface area contributed by atoms with Crippen LogP contribution in [-0.4, -0.2) is 43.3 Å². The first kappa shape index (κ1) is 24.6. The van der Waals surface area contributed by atoms with Gasteiger partial charge in [-0.25, -0.2) is 4.98 Å². The van der Waals surface area contributed by atoms with Crippen molar-refractivity contribution in [2.75, 3.05) is 27.9 Å². The lowest BCUT2D eigenvalue weighted by atomic mass is 10.1. The molecular weight excluding hydrogens is 510 g/mol. The minimum Gasteiger partial charge on any atom is -0.493 e. The maximum Gasteiger partial charge on any atom is 0.251 e. The molecule has 8 heteroatoms. The van der Waals surface area contributed by atoms with Crippen LogP contribution in [0.15, 0.2) is 65.1 Å². The van der Waals surface area contributed by atoms with Crippen LogP contribution in [0.2, 0.25) is 0 Å². The molecule has 1 N–H and O–H groups in total. The highest BCUT2D eigenvalue weighted by molar-refractivity contribution is 9.10. The van der Waals surface area contributed by atoms with E-state index in [4.69, 9.17) is 19.2 Å². The lowest BCUT2D eigenvalue weighted by molar-refractivity contribution is 0.0952. The molecule has 4 aromatic rings. The zero-order valence-electron chi connectivity index (χ0n) is 20.0. The number of nitrogens with zero attached hydrogens (tertiary/aromatic N) is 2. The van der Waals surface area contributed by atoms with Crippen LogP contribution in [0.4, 0.5) is 0 Å². The van der Waals surface area contributed by atoms with Crippen LogP contribution in [0.25, 0.3) is 11.0 Å². The standard InChI is InChI=1S/C27H28BrN3O4/c1-33-23-15-19(16-24(34-2)26(23)35-3)27(32)29-14-6-9-25-30-21-7-4-5-8-22(21)31(25)17-18-10-12-20(28)13-11-18/h4-5,7-8,10-13,15-16H,6,9,14,17H2,1-3H3,(H,29,32). The van der Waals surface area contributed by atoms with E-state index < -0.39 is 0 Å². The smallest absolute Gasteiger partial charge is 0.251 e. The molecule has 0 unspecified atom stereocenters. The van der Waals surface area contributed by atoms with Gasteiger partial charge in [0.15, 0.2) is 11.5 Å². The highest BCUT2D eigenvalue weighted by atomic mass is 79.9. The molecular formula is C27H28BrN3O4. The third kappa shape index (κ3) is 5.59. The average Bonchev–Trinajstić information content (AvgIpc) is 3.23. The molecule has 0 aliphatic rings. The van der Waals surface area contributed by atoms with Gasteiger partial charge >= 0.3 is 0 Å². The number of hydrogen-bond donors (Lipinski definition) is 1. The molecule has 0 fully saturated rings. The molecule has 7 nitrogen and oxygen atoms in total. The van der Waals surface area contributed by atoms with Crippen molar-refractivity contribution < 1.29 is 19.0 Å². The molecule has 4 rings (SSSR count). The fourth-order valence-corrected chi connectivity index (χ4v) is 4.29. The quantitative estimate of drug-likeness (QED) is 0.280. The van der Waals surface area contributed by atoms with Gasteiger partial charge < -0.3 is 24.1 Å². The number of aryl methyl sites for hydroxylation is 1. The Hall–Kier alpha value is -3.52. The maximum absolute atomic E-state index is 12.8. The number of hydrogen-bond acceptors (Lipinski definition) is 5. The number of fused-ring (bicyclic) bond motifs is 1. The number of ether oxygens (including phenoxy) is 3. The van der Waals surface area contributed by atoms with Gasteiger partial charge in [0.1, 0.15) is 5.82 Å². The van der Waals surface area contributed by atoms with Crippen molar-refractivity contribution in [1.82, 2.24) is 14.9 Å². The van der Waals surface area contributed by atoms with Gasteiger partial charge in [0.2, 0.25) is 5.75 Å². The van der Waals surface area contributed by atoms with Gasteiger partial charge in [-0.05, 0) is 48.4 Å². The second-order valence-corrected chi connectivity index (χ2v) is 8.92. The summed E-state index contributed by atoms with van der Waals surface area (Å²) in [6.07, 6.45) is 1.49. The van der Waals surface area contributed by atoms with Gasteiger partial charge in [-0.3, -0.25) is 4.79 Å². The van der Waals surface area contributed by atoms with Gasteiger partial charge in [0, 0.05) is 29.5 Å². The Morgan fingerprint density at radius 1 is 0.971 bits per heavy atom. The zero-order valence-corrected chi connectivity index (χ0v) is 21.6. The molecule has 0 saturated heterocycles. The number of benzene rings is 3. The molecule has 0 aliphatic carbocycles. The summed E-state index contributed by atoms with van der Waals surface area (Å²) in [4.78, 5) is 17.6. The van der Waals surface area contributed by atoms with Gasteiger partial charge in [-0.2, -0.15) is 0 Å². The van der Waals surface area contributed by atoms with Crippen molar-refractivity contribution >= 4 is 32.9 Å². The number of methoxy groups -OCH3 is 3. The summed E-state index contributed by atoms with van der Waals surface area (Å²) in [5.41, 5.74) is 3.73. The Balaban J connectivity index is 1.44. The Kier molecular flexibility index (Phi) is 7.92.